The Labute approximate surface area is 137 Å². The lowest BCUT2D eigenvalue weighted by Gasteiger charge is -2.23. The minimum absolute atomic E-state index is 0.135. The number of nitrogens with two attached hydrogens (primary N) is 1. The number of nitrogens with zero attached hydrogens (tertiary/aromatic N) is 2. The number of benzene rings is 1. The highest BCUT2D eigenvalue weighted by Crippen LogP contribution is 2.29. The number of nitro benzene ring substituents is 1. The number of sulfonamides is 1. The van der Waals surface area contributed by atoms with Gasteiger partial charge in [0.1, 0.15) is 19.0 Å². The highest BCUT2D eigenvalue weighted by Gasteiger charge is 2.30. The zero-order valence-electron chi connectivity index (χ0n) is 12.7. The second-order valence-electron chi connectivity index (χ2n) is 5.57. The van der Waals surface area contributed by atoms with Gasteiger partial charge in [-0.2, -0.15) is 0 Å². The predicted molar refractivity (Wildman–Crippen MR) is 83.8 cm³/mol. The van der Waals surface area contributed by atoms with Gasteiger partial charge in [-0.15, -0.1) is 0 Å². The fourth-order valence-corrected chi connectivity index (χ4v) is 3.19. The fourth-order valence-electron chi connectivity index (χ4n) is 2.65. The average Bonchev–Trinajstić information content (AvgIpc) is 2.96. The third kappa shape index (κ3) is 4.16. The molecule has 1 aromatic rings. The van der Waals surface area contributed by atoms with Crippen LogP contribution in [0.4, 0.5) is 20.2 Å². The number of likely N-dealkylation sites (tertiary alicyclic amines) is 1. The van der Waals surface area contributed by atoms with Crippen LogP contribution in [-0.2, 0) is 10.0 Å². The summed E-state index contributed by atoms with van der Waals surface area (Å²) in [5, 5.41) is 19.1. The average molecular weight is 364 g/mol. The quantitative estimate of drug-likeness (QED) is 0.551. The van der Waals surface area contributed by atoms with Crippen molar-refractivity contribution in [3.63, 3.8) is 0 Å². The molecule has 1 aliphatic rings. The monoisotopic (exact) mass is 364 g/mol. The highest BCUT2D eigenvalue weighted by molar-refractivity contribution is 7.89. The van der Waals surface area contributed by atoms with E-state index in [1.807, 2.05) is 0 Å². The number of anilines is 1. The number of hydrogen-bond acceptors (Lipinski definition) is 6. The number of alkyl halides is 2. The lowest BCUT2D eigenvalue weighted by Crippen LogP contribution is -2.38. The van der Waals surface area contributed by atoms with Gasteiger partial charge < -0.3 is 5.32 Å². The molecule has 0 amide bonds. The molecular weight excluding hydrogens is 346 g/mol. The Hall–Kier alpha value is -1.85. The van der Waals surface area contributed by atoms with Crippen LogP contribution in [0.3, 0.4) is 0 Å². The molecular formula is C13H18F2N4O4S. The van der Waals surface area contributed by atoms with E-state index in [1.54, 1.807) is 4.90 Å². The Kier molecular flexibility index (Phi) is 5.67. The molecule has 11 heteroatoms. The van der Waals surface area contributed by atoms with E-state index in [0.29, 0.717) is 19.5 Å². The molecule has 134 valence electrons. The normalized spacial score (nSPS) is 18.9. The number of rotatable bonds is 7. The molecule has 8 nitrogen and oxygen atoms in total. The van der Waals surface area contributed by atoms with Crippen molar-refractivity contribution in [1.29, 1.82) is 0 Å². The van der Waals surface area contributed by atoms with Gasteiger partial charge in [-0.3, -0.25) is 15.0 Å². The van der Waals surface area contributed by atoms with Gasteiger partial charge in [0.15, 0.2) is 0 Å². The maximum absolute atomic E-state index is 12.7. The molecule has 0 spiro atoms. The summed E-state index contributed by atoms with van der Waals surface area (Å²) >= 11 is 0. The molecule has 1 aliphatic heterocycles. The molecule has 1 atom stereocenters. The maximum atomic E-state index is 12.7. The molecule has 1 fully saturated rings. The zero-order valence-corrected chi connectivity index (χ0v) is 13.5. The van der Waals surface area contributed by atoms with Gasteiger partial charge in [-0.05, 0) is 18.6 Å². The Morgan fingerprint density at radius 2 is 2.08 bits per heavy atom. The van der Waals surface area contributed by atoms with Gasteiger partial charge in [0.25, 0.3) is 5.69 Å². The van der Waals surface area contributed by atoms with Crippen LogP contribution in [0.15, 0.2) is 23.1 Å². The summed E-state index contributed by atoms with van der Waals surface area (Å²) in [5.74, 6) is 0. The van der Waals surface area contributed by atoms with E-state index in [4.69, 9.17) is 5.14 Å². The number of primary sulfonamides is 1. The van der Waals surface area contributed by atoms with Gasteiger partial charge >= 0.3 is 0 Å². The first-order valence-corrected chi connectivity index (χ1v) is 8.74. The van der Waals surface area contributed by atoms with Gasteiger partial charge in [0.2, 0.25) is 10.0 Å². The van der Waals surface area contributed by atoms with Crippen molar-refractivity contribution < 1.29 is 22.1 Å². The summed E-state index contributed by atoms with van der Waals surface area (Å²) in [4.78, 5) is 11.7. The summed E-state index contributed by atoms with van der Waals surface area (Å²) in [6, 6.07) is 2.28. The predicted octanol–water partition coefficient (Wildman–Crippen LogP) is 1.04. The van der Waals surface area contributed by atoms with Crippen molar-refractivity contribution in [2.24, 2.45) is 5.14 Å². The van der Waals surface area contributed by atoms with Gasteiger partial charge in [-0.25, -0.2) is 22.3 Å². The second-order valence-corrected chi connectivity index (χ2v) is 7.13. The van der Waals surface area contributed by atoms with E-state index in [9.17, 15) is 27.3 Å². The molecule has 1 saturated heterocycles. The van der Waals surface area contributed by atoms with E-state index in [-0.39, 0.29) is 16.6 Å². The molecule has 0 aromatic heterocycles. The Morgan fingerprint density at radius 3 is 2.62 bits per heavy atom. The van der Waals surface area contributed by atoms with E-state index in [0.717, 1.165) is 6.07 Å². The molecule has 0 bridgehead atoms. The first-order chi connectivity index (χ1) is 11.3. The molecule has 1 heterocycles. The molecule has 0 aliphatic carbocycles. The molecule has 1 unspecified atom stereocenters. The van der Waals surface area contributed by atoms with Gasteiger partial charge in [-0.1, -0.05) is 0 Å². The first kappa shape index (κ1) is 18.5. The Balaban J connectivity index is 2.17. The summed E-state index contributed by atoms with van der Waals surface area (Å²) in [6.07, 6.45) is 0.560. The highest BCUT2D eigenvalue weighted by atomic mass is 32.2. The SMILES string of the molecule is NS(=O)(=O)c1ccc(NC2CCN(C(CF)CF)C2)c([N+](=O)[O-])c1. The minimum atomic E-state index is -4.05. The van der Waals surface area contributed by atoms with Crippen molar-refractivity contribution in [2.75, 3.05) is 31.8 Å². The van der Waals surface area contributed by atoms with E-state index in [1.165, 1.54) is 12.1 Å². The van der Waals surface area contributed by atoms with Crippen molar-refractivity contribution in [3.8, 4) is 0 Å². The topological polar surface area (TPSA) is 119 Å². The summed E-state index contributed by atoms with van der Waals surface area (Å²) in [7, 11) is -4.05. The summed E-state index contributed by atoms with van der Waals surface area (Å²) < 4.78 is 48.1. The summed E-state index contributed by atoms with van der Waals surface area (Å²) in [5.41, 5.74) is -0.288. The van der Waals surface area contributed by atoms with Crippen LogP contribution in [0.2, 0.25) is 0 Å². The van der Waals surface area contributed by atoms with Gasteiger partial charge in [0.05, 0.1) is 15.9 Å². The molecule has 1 aromatic carbocycles. The fraction of sp³-hybridized carbons (Fsp3) is 0.538. The minimum Gasteiger partial charge on any atom is -0.375 e. The number of nitro groups is 1. The van der Waals surface area contributed by atoms with Crippen molar-refractivity contribution in [1.82, 2.24) is 4.90 Å². The van der Waals surface area contributed by atoms with E-state index >= 15 is 0 Å². The Morgan fingerprint density at radius 1 is 1.42 bits per heavy atom. The number of halogens is 2. The van der Waals surface area contributed by atoms with Crippen LogP contribution >= 0.6 is 0 Å². The Bertz CT molecular complexity index is 712. The van der Waals surface area contributed by atoms with Crippen LogP contribution < -0.4 is 10.5 Å². The third-order valence-corrected chi connectivity index (χ3v) is 4.86. The first-order valence-electron chi connectivity index (χ1n) is 7.20. The molecule has 0 radical (unpaired) electrons. The second kappa shape index (κ2) is 7.36. The zero-order chi connectivity index (χ0) is 17.9. The van der Waals surface area contributed by atoms with E-state index < -0.39 is 40.0 Å². The third-order valence-electron chi connectivity index (χ3n) is 3.95. The number of nitrogens with one attached hydrogen (secondary N) is 1. The maximum Gasteiger partial charge on any atom is 0.293 e. The lowest BCUT2D eigenvalue weighted by atomic mass is 10.2. The molecule has 0 saturated carbocycles. The van der Waals surface area contributed by atoms with Crippen LogP contribution in [0.25, 0.3) is 0 Å². The molecule has 2 rings (SSSR count). The van der Waals surface area contributed by atoms with Gasteiger partial charge in [0, 0.05) is 25.2 Å². The number of hydrogen-bond donors (Lipinski definition) is 2. The molecule has 3 N–H and O–H groups in total. The van der Waals surface area contributed by atoms with Crippen molar-refractivity contribution in [2.45, 2.75) is 23.4 Å². The summed E-state index contributed by atoms with van der Waals surface area (Å²) in [6.45, 7) is -0.787. The van der Waals surface area contributed by atoms with Crippen molar-refractivity contribution >= 4 is 21.4 Å². The molecule has 24 heavy (non-hydrogen) atoms. The van der Waals surface area contributed by atoms with Crippen LogP contribution in [-0.4, -0.2) is 56.8 Å². The van der Waals surface area contributed by atoms with Crippen LogP contribution in [0.5, 0.6) is 0 Å². The standard InChI is InChI=1S/C13H18F2N4O4S/c14-6-10(7-15)18-4-3-9(8-18)17-12-2-1-11(24(16,22)23)5-13(12)19(20)21/h1-2,5,9-10,17H,3-4,6-8H2,(H2,16,22,23). The van der Waals surface area contributed by atoms with Crippen LogP contribution in [0, 0.1) is 10.1 Å². The van der Waals surface area contributed by atoms with E-state index in [2.05, 4.69) is 5.32 Å². The lowest BCUT2D eigenvalue weighted by molar-refractivity contribution is -0.384. The van der Waals surface area contributed by atoms with Crippen LogP contribution in [0.1, 0.15) is 6.42 Å². The smallest absolute Gasteiger partial charge is 0.293 e. The van der Waals surface area contributed by atoms with Crippen molar-refractivity contribution in [3.05, 3.63) is 28.3 Å². The largest absolute Gasteiger partial charge is 0.375 e.